The van der Waals surface area contributed by atoms with E-state index in [4.69, 9.17) is 10.1 Å². The molecule has 0 amide bonds. The Labute approximate surface area is 161 Å². The molecule has 1 saturated carbocycles. The van der Waals surface area contributed by atoms with Crippen molar-refractivity contribution in [1.29, 1.82) is 0 Å². The van der Waals surface area contributed by atoms with Crippen LogP contribution >= 0.6 is 11.3 Å². The molecule has 138 valence electrons. The summed E-state index contributed by atoms with van der Waals surface area (Å²) in [4.78, 5) is 5.94. The maximum absolute atomic E-state index is 4.94. The van der Waals surface area contributed by atoms with Crippen molar-refractivity contribution < 1.29 is 0 Å². The molecular weight excluding hydrogens is 356 g/mol. The van der Waals surface area contributed by atoms with Gasteiger partial charge in [0.1, 0.15) is 5.01 Å². The molecule has 6 rings (SSSR count). The Morgan fingerprint density at radius 3 is 2.70 bits per heavy atom. The van der Waals surface area contributed by atoms with Crippen LogP contribution in [0.15, 0.2) is 24.5 Å². The van der Waals surface area contributed by atoms with Crippen molar-refractivity contribution in [3.63, 3.8) is 0 Å². The third kappa shape index (κ3) is 2.45. The molecule has 1 N–H and O–H groups in total. The first-order valence-electron chi connectivity index (χ1n) is 9.65. The number of nitrogens with zero attached hydrogens (tertiary/aromatic N) is 5. The molecular formula is C20H22N6S. The second-order valence-electron chi connectivity index (χ2n) is 8.18. The second-order valence-corrected chi connectivity index (χ2v) is 9.14. The zero-order valence-electron chi connectivity index (χ0n) is 15.5. The molecule has 4 aromatic rings. The topological polar surface area (TPSA) is 60.0 Å². The van der Waals surface area contributed by atoms with Crippen LogP contribution in [-0.4, -0.2) is 37.5 Å². The SMILES string of the molecule is Cc1cc(-c2nn3cc(C4CC5CNCC5C4)nc3s2)cc2cn(C)nc12. The molecule has 6 nitrogen and oxygen atoms in total. The van der Waals surface area contributed by atoms with Gasteiger partial charge in [-0.05, 0) is 62.4 Å². The first kappa shape index (κ1) is 15.8. The minimum absolute atomic E-state index is 0.605. The average Bonchev–Trinajstić information content (AvgIpc) is 3.38. The number of aromatic nitrogens is 5. The number of nitrogens with one attached hydrogen (secondary N) is 1. The summed E-state index contributed by atoms with van der Waals surface area (Å²) in [7, 11) is 1.96. The van der Waals surface area contributed by atoms with Crippen LogP contribution < -0.4 is 5.32 Å². The van der Waals surface area contributed by atoms with Crippen molar-refractivity contribution in [3.05, 3.63) is 35.8 Å². The maximum atomic E-state index is 4.94. The number of rotatable bonds is 2. The lowest BCUT2D eigenvalue weighted by Gasteiger charge is -2.07. The summed E-state index contributed by atoms with van der Waals surface area (Å²) in [5.41, 5.74) is 4.62. The summed E-state index contributed by atoms with van der Waals surface area (Å²) in [6, 6.07) is 4.36. The molecule has 1 aliphatic carbocycles. The van der Waals surface area contributed by atoms with Gasteiger partial charge in [0, 0.05) is 30.1 Å². The molecule has 2 unspecified atom stereocenters. The van der Waals surface area contributed by atoms with E-state index in [9.17, 15) is 0 Å². The third-order valence-corrected chi connectivity index (χ3v) is 7.27. The lowest BCUT2D eigenvalue weighted by molar-refractivity contribution is 0.494. The van der Waals surface area contributed by atoms with Gasteiger partial charge < -0.3 is 5.32 Å². The first-order valence-corrected chi connectivity index (χ1v) is 10.5. The molecule has 2 atom stereocenters. The maximum Gasteiger partial charge on any atom is 0.212 e. The molecule has 27 heavy (non-hydrogen) atoms. The zero-order valence-corrected chi connectivity index (χ0v) is 16.3. The number of hydrogen-bond donors (Lipinski definition) is 1. The van der Waals surface area contributed by atoms with E-state index in [-0.39, 0.29) is 0 Å². The fourth-order valence-electron chi connectivity index (χ4n) is 4.99. The minimum atomic E-state index is 0.605. The molecule has 0 bridgehead atoms. The molecule has 0 radical (unpaired) electrons. The molecule has 2 aliphatic rings. The van der Waals surface area contributed by atoms with Crippen LogP contribution in [0, 0.1) is 18.8 Å². The van der Waals surface area contributed by atoms with E-state index in [2.05, 4.69) is 41.9 Å². The largest absolute Gasteiger partial charge is 0.316 e. The van der Waals surface area contributed by atoms with Crippen LogP contribution in [0.1, 0.15) is 30.0 Å². The van der Waals surface area contributed by atoms with E-state index in [1.165, 1.54) is 37.2 Å². The highest BCUT2D eigenvalue weighted by molar-refractivity contribution is 7.19. The van der Waals surface area contributed by atoms with Gasteiger partial charge in [-0.15, -0.1) is 0 Å². The van der Waals surface area contributed by atoms with Gasteiger partial charge in [0.25, 0.3) is 0 Å². The Kier molecular flexibility index (Phi) is 3.29. The highest BCUT2D eigenvalue weighted by Crippen LogP contribution is 2.44. The summed E-state index contributed by atoms with van der Waals surface area (Å²) in [6.45, 7) is 4.48. The van der Waals surface area contributed by atoms with Gasteiger partial charge in [0.2, 0.25) is 4.96 Å². The summed E-state index contributed by atoms with van der Waals surface area (Å²) < 4.78 is 3.85. The average molecular weight is 379 g/mol. The first-order chi connectivity index (χ1) is 13.1. The predicted octanol–water partition coefficient (Wildman–Crippen LogP) is 3.37. The number of hydrogen-bond acceptors (Lipinski definition) is 5. The van der Waals surface area contributed by atoms with E-state index in [0.717, 1.165) is 38.3 Å². The van der Waals surface area contributed by atoms with Crippen molar-refractivity contribution in [2.24, 2.45) is 18.9 Å². The fraction of sp³-hybridized carbons (Fsp3) is 0.450. The van der Waals surface area contributed by atoms with Crippen LogP contribution in [0.5, 0.6) is 0 Å². The summed E-state index contributed by atoms with van der Waals surface area (Å²) in [5.74, 6) is 2.29. The summed E-state index contributed by atoms with van der Waals surface area (Å²) >= 11 is 1.68. The van der Waals surface area contributed by atoms with Gasteiger partial charge in [-0.2, -0.15) is 10.2 Å². The highest BCUT2D eigenvalue weighted by atomic mass is 32.1. The summed E-state index contributed by atoms with van der Waals surface area (Å²) in [5, 5.41) is 15.1. The number of aryl methyl sites for hydroxylation is 2. The molecule has 1 aliphatic heterocycles. The standard InChI is InChI=1S/C20H22N6S/c1-11-3-13(6-16-9-25(2)23-18(11)16)19-24-26-10-17(22-20(26)27-19)12-4-14-7-21-8-15(14)5-12/h3,6,9-10,12,14-15,21H,4-5,7-8H2,1-2H3. The van der Waals surface area contributed by atoms with E-state index < -0.39 is 0 Å². The van der Waals surface area contributed by atoms with E-state index in [0.29, 0.717) is 5.92 Å². The Bertz CT molecular complexity index is 1120. The van der Waals surface area contributed by atoms with Gasteiger partial charge in [0.05, 0.1) is 17.4 Å². The lowest BCUT2D eigenvalue weighted by atomic mass is 10.0. The number of fused-ring (bicyclic) bond motifs is 3. The van der Waals surface area contributed by atoms with Gasteiger partial charge in [-0.25, -0.2) is 9.50 Å². The predicted molar refractivity (Wildman–Crippen MR) is 107 cm³/mol. The number of benzene rings is 1. The van der Waals surface area contributed by atoms with E-state index >= 15 is 0 Å². The Balaban J connectivity index is 1.34. The van der Waals surface area contributed by atoms with Crippen LogP contribution in [0.2, 0.25) is 0 Å². The van der Waals surface area contributed by atoms with Crippen LogP contribution in [0.4, 0.5) is 0 Å². The molecule has 3 aromatic heterocycles. The Morgan fingerprint density at radius 1 is 1.11 bits per heavy atom. The molecule has 1 aromatic carbocycles. The van der Waals surface area contributed by atoms with Crippen LogP contribution in [0.25, 0.3) is 26.4 Å². The van der Waals surface area contributed by atoms with Crippen LogP contribution in [-0.2, 0) is 7.05 Å². The van der Waals surface area contributed by atoms with Crippen molar-refractivity contribution in [1.82, 2.24) is 29.7 Å². The highest BCUT2D eigenvalue weighted by Gasteiger charge is 2.38. The van der Waals surface area contributed by atoms with Crippen molar-refractivity contribution >= 4 is 27.2 Å². The quantitative estimate of drug-likeness (QED) is 0.581. The minimum Gasteiger partial charge on any atom is -0.316 e. The molecule has 2 fully saturated rings. The van der Waals surface area contributed by atoms with Gasteiger partial charge in [-0.3, -0.25) is 4.68 Å². The molecule has 1 saturated heterocycles. The molecule has 7 heteroatoms. The lowest BCUT2D eigenvalue weighted by Crippen LogP contribution is -2.11. The van der Waals surface area contributed by atoms with E-state index in [1.807, 2.05) is 16.2 Å². The Morgan fingerprint density at radius 2 is 1.93 bits per heavy atom. The van der Waals surface area contributed by atoms with Gasteiger partial charge in [0.15, 0.2) is 0 Å². The van der Waals surface area contributed by atoms with Crippen molar-refractivity contribution in [3.8, 4) is 10.6 Å². The van der Waals surface area contributed by atoms with Crippen molar-refractivity contribution in [2.45, 2.75) is 25.7 Å². The van der Waals surface area contributed by atoms with E-state index in [1.54, 1.807) is 11.3 Å². The normalized spacial score (nSPS) is 25.0. The second kappa shape index (κ2) is 5.62. The summed E-state index contributed by atoms with van der Waals surface area (Å²) in [6.07, 6.45) is 6.76. The molecule has 4 heterocycles. The number of imidazole rings is 1. The molecule has 0 spiro atoms. The van der Waals surface area contributed by atoms with Gasteiger partial charge in [-0.1, -0.05) is 11.3 Å². The monoisotopic (exact) mass is 378 g/mol. The van der Waals surface area contributed by atoms with Crippen LogP contribution in [0.3, 0.4) is 0 Å². The third-order valence-electron chi connectivity index (χ3n) is 6.29. The smallest absolute Gasteiger partial charge is 0.212 e. The van der Waals surface area contributed by atoms with Crippen molar-refractivity contribution in [2.75, 3.05) is 13.1 Å². The zero-order chi connectivity index (χ0) is 18.1. The van der Waals surface area contributed by atoms with Gasteiger partial charge >= 0.3 is 0 Å². The fourth-order valence-corrected chi connectivity index (χ4v) is 5.87. The Hall–Kier alpha value is -2.25.